The van der Waals surface area contributed by atoms with Crippen LogP contribution in [-0.4, -0.2) is 33.7 Å². The molecule has 1 aromatic carbocycles. The highest BCUT2D eigenvalue weighted by Crippen LogP contribution is 2.24. The molecule has 1 atom stereocenters. The molecule has 6 nitrogen and oxygen atoms in total. The molecule has 0 saturated carbocycles. The van der Waals surface area contributed by atoms with Crippen molar-refractivity contribution in [2.45, 2.75) is 32.5 Å². The standard InChI is InChI=1S/C21H24N4O2/c1-16-4-2-5-17(12-16)13-24-14-18(25-19(15-24)8-10-23-25)7-9-22-21(26)20-6-3-11-27-20/h2-6,8,10-12,18H,7,9,13-15H2,1H3,(H,22,26)/t18-/m0/s1. The summed E-state index contributed by atoms with van der Waals surface area (Å²) in [6.45, 7) is 5.44. The second-order valence-corrected chi connectivity index (χ2v) is 7.10. The molecule has 0 saturated heterocycles. The molecule has 6 heteroatoms. The van der Waals surface area contributed by atoms with E-state index in [1.54, 1.807) is 12.1 Å². The summed E-state index contributed by atoms with van der Waals surface area (Å²) in [5, 5.41) is 7.44. The third-order valence-corrected chi connectivity index (χ3v) is 4.95. The lowest BCUT2D eigenvalue weighted by Gasteiger charge is -2.34. The van der Waals surface area contributed by atoms with Crippen molar-refractivity contribution >= 4 is 5.91 Å². The Morgan fingerprint density at radius 3 is 3.04 bits per heavy atom. The van der Waals surface area contributed by atoms with Gasteiger partial charge in [-0.2, -0.15) is 5.10 Å². The predicted molar refractivity (Wildman–Crippen MR) is 102 cm³/mol. The zero-order valence-corrected chi connectivity index (χ0v) is 15.5. The van der Waals surface area contributed by atoms with Crippen LogP contribution in [0, 0.1) is 6.92 Å². The molecular formula is C21H24N4O2. The van der Waals surface area contributed by atoms with Crippen LogP contribution in [0.5, 0.6) is 0 Å². The van der Waals surface area contributed by atoms with E-state index in [1.807, 2.05) is 6.20 Å². The Labute approximate surface area is 158 Å². The van der Waals surface area contributed by atoms with E-state index in [9.17, 15) is 4.79 Å². The predicted octanol–water partition coefficient (Wildman–Crippen LogP) is 3.16. The van der Waals surface area contributed by atoms with E-state index in [0.717, 1.165) is 26.1 Å². The topological polar surface area (TPSA) is 63.3 Å². The average Bonchev–Trinajstić information content (AvgIpc) is 3.33. The van der Waals surface area contributed by atoms with Gasteiger partial charge in [-0.3, -0.25) is 14.4 Å². The van der Waals surface area contributed by atoms with Crippen molar-refractivity contribution in [1.29, 1.82) is 0 Å². The summed E-state index contributed by atoms with van der Waals surface area (Å²) in [5.41, 5.74) is 3.83. The highest BCUT2D eigenvalue weighted by molar-refractivity contribution is 5.91. The largest absolute Gasteiger partial charge is 0.459 e. The van der Waals surface area contributed by atoms with Gasteiger partial charge in [0.15, 0.2) is 5.76 Å². The van der Waals surface area contributed by atoms with E-state index in [0.29, 0.717) is 12.3 Å². The lowest BCUT2D eigenvalue weighted by atomic mass is 10.1. The molecule has 2 aromatic heterocycles. The first-order chi connectivity index (χ1) is 13.2. The molecule has 0 bridgehead atoms. The lowest BCUT2D eigenvalue weighted by Crippen LogP contribution is -2.38. The van der Waals surface area contributed by atoms with E-state index in [2.05, 4.69) is 57.3 Å². The van der Waals surface area contributed by atoms with Gasteiger partial charge in [-0.1, -0.05) is 29.8 Å². The molecule has 0 aliphatic carbocycles. The summed E-state index contributed by atoms with van der Waals surface area (Å²) < 4.78 is 7.24. The molecule has 1 N–H and O–H groups in total. The summed E-state index contributed by atoms with van der Waals surface area (Å²) in [6.07, 6.45) is 4.20. The molecule has 3 heterocycles. The van der Waals surface area contributed by atoms with Crippen LogP contribution in [-0.2, 0) is 13.1 Å². The van der Waals surface area contributed by atoms with E-state index >= 15 is 0 Å². The van der Waals surface area contributed by atoms with Gasteiger partial charge in [0.05, 0.1) is 18.0 Å². The van der Waals surface area contributed by atoms with Gasteiger partial charge in [0, 0.05) is 32.4 Å². The van der Waals surface area contributed by atoms with Crippen molar-refractivity contribution in [2.75, 3.05) is 13.1 Å². The zero-order valence-electron chi connectivity index (χ0n) is 15.5. The Morgan fingerprint density at radius 2 is 2.22 bits per heavy atom. The quantitative estimate of drug-likeness (QED) is 0.730. The Hall–Kier alpha value is -2.86. The monoisotopic (exact) mass is 364 g/mol. The number of aryl methyl sites for hydroxylation is 1. The smallest absolute Gasteiger partial charge is 0.286 e. The second-order valence-electron chi connectivity index (χ2n) is 7.10. The minimum absolute atomic E-state index is 0.173. The molecule has 1 aliphatic rings. The normalized spacial score (nSPS) is 16.9. The van der Waals surface area contributed by atoms with Crippen molar-refractivity contribution in [3.63, 3.8) is 0 Å². The Morgan fingerprint density at radius 1 is 1.30 bits per heavy atom. The number of rotatable bonds is 6. The zero-order chi connectivity index (χ0) is 18.6. The number of benzene rings is 1. The van der Waals surface area contributed by atoms with Crippen LogP contribution in [0.25, 0.3) is 0 Å². The molecule has 0 unspecified atom stereocenters. The number of furan rings is 1. The number of nitrogens with zero attached hydrogens (tertiary/aromatic N) is 3. The highest BCUT2D eigenvalue weighted by atomic mass is 16.3. The van der Waals surface area contributed by atoms with Crippen LogP contribution in [0.1, 0.15) is 39.8 Å². The molecule has 4 rings (SSSR count). The van der Waals surface area contributed by atoms with Gasteiger partial charge in [0.25, 0.3) is 5.91 Å². The molecule has 1 amide bonds. The number of hydrogen-bond acceptors (Lipinski definition) is 4. The second kappa shape index (κ2) is 7.80. The summed E-state index contributed by atoms with van der Waals surface area (Å²) in [6, 6.07) is 14.4. The van der Waals surface area contributed by atoms with E-state index in [4.69, 9.17) is 4.42 Å². The first-order valence-corrected chi connectivity index (χ1v) is 9.31. The van der Waals surface area contributed by atoms with Gasteiger partial charge in [-0.25, -0.2) is 0 Å². The molecule has 27 heavy (non-hydrogen) atoms. The number of nitrogens with one attached hydrogen (secondary N) is 1. The van der Waals surface area contributed by atoms with Gasteiger partial charge < -0.3 is 9.73 Å². The Kier molecular flexibility index (Phi) is 5.07. The maximum absolute atomic E-state index is 12.0. The van der Waals surface area contributed by atoms with Crippen LogP contribution in [0.2, 0.25) is 0 Å². The first-order valence-electron chi connectivity index (χ1n) is 9.31. The molecule has 140 valence electrons. The minimum Gasteiger partial charge on any atom is -0.459 e. The summed E-state index contributed by atoms with van der Waals surface area (Å²) in [5.74, 6) is 0.174. The van der Waals surface area contributed by atoms with Crippen LogP contribution in [0.3, 0.4) is 0 Å². The third kappa shape index (κ3) is 4.11. The minimum atomic E-state index is -0.173. The van der Waals surface area contributed by atoms with Gasteiger partial charge in [0.1, 0.15) is 0 Å². The van der Waals surface area contributed by atoms with Crippen LogP contribution in [0.15, 0.2) is 59.3 Å². The summed E-state index contributed by atoms with van der Waals surface area (Å²) in [7, 11) is 0. The van der Waals surface area contributed by atoms with Crippen molar-refractivity contribution < 1.29 is 9.21 Å². The SMILES string of the molecule is Cc1cccc(CN2Cc3ccnn3[C@@H](CCNC(=O)c3ccco3)C2)c1. The van der Waals surface area contributed by atoms with Crippen molar-refractivity contribution in [1.82, 2.24) is 20.0 Å². The number of hydrogen-bond donors (Lipinski definition) is 1. The van der Waals surface area contributed by atoms with Gasteiger partial charge in [-0.15, -0.1) is 0 Å². The van der Waals surface area contributed by atoms with E-state index in [-0.39, 0.29) is 11.9 Å². The summed E-state index contributed by atoms with van der Waals surface area (Å²) >= 11 is 0. The first kappa shape index (κ1) is 17.5. The van der Waals surface area contributed by atoms with Crippen molar-refractivity contribution in [3.8, 4) is 0 Å². The fourth-order valence-electron chi connectivity index (χ4n) is 3.71. The average molecular weight is 364 g/mol. The van der Waals surface area contributed by atoms with E-state index < -0.39 is 0 Å². The van der Waals surface area contributed by atoms with Gasteiger partial charge >= 0.3 is 0 Å². The fourth-order valence-corrected chi connectivity index (χ4v) is 3.71. The number of aromatic nitrogens is 2. The van der Waals surface area contributed by atoms with Gasteiger partial charge in [0.2, 0.25) is 0 Å². The number of amides is 1. The van der Waals surface area contributed by atoms with E-state index in [1.165, 1.54) is 23.1 Å². The van der Waals surface area contributed by atoms with Crippen LogP contribution in [0.4, 0.5) is 0 Å². The fraction of sp³-hybridized carbons (Fsp3) is 0.333. The maximum atomic E-state index is 12.0. The Balaban J connectivity index is 1.39. The molecule has 0 fully saturated rings. The molecule has 0 spiro atoms. The number of carbonyl (C=O) groups is 1. The lowest BCUT2D eigenvalue weighted by molar-refractivity contribution is 0.0919. The highest BCUT2D eigenvalue weighted by Gasteiger charge is 2.25. The van der Waals surface area contributed by atoms with Crippen molar-refractivity contribution in [3.05, 3.63) is 77.5 Å². The van der Waals surface area contributed by atoms with Crippen LogP contribution >= 0.6 is 0 Å². The summed E-state index contributed by atoms with van der Waals surface area (Å²) in [4.78, 5) is 14.5. The van der Waals surface area contributed by atoms with Crippen LogP contribution < -0.4 is 5.32 Å². The van der Waals surface area contributed by atoms with Gasteiger partial charge in [-0.05, 0) is 37.1 Å². The molecule has 0 radical (unpaired) electrons. The molecule has 3 aromatic rings. The molecular weight excluding hydrogens is 340 g/mol. The van der Waals surface area contributed by atoms with Crippen molar-refractivity contribution in [2.24, 2.45) is 0 Å². The maximum Gasteiger partial charge on any atom is 0.286 e. The molecule has 1 aliphatic heterocycles. The third-order valence-electron chi connectivity index (χ3n) is 4.95. The Bertz CT molecular complexity index is 901. The number of carbonyl (C=O) groups excluding carboxylic acids is 1. The number of fused-ring (bicyclic) bond motifs is 1.